The Balaban J connectivity index is 1.47. The van der Waals surface area contributed by atoms with Gasteiger partial charge < -0.3 is 15.1 Å². The van der Waals surface area contributed by atoms with Crippen LogP contribution in [0.25, 0.3) is 0 Å². The normalized spacial score (nSPS) is 14.4. The van der Waals surface area contributed by atoms with Crippen LogP contribution in [0.2, 0.25) is 0 Å². The minimum Gasteiger partial charge on any atom is -0.343 e. The second kappa shape index (κ2) is 8.30. The summed E-state index contributed by atoms with van der Waals surface area (Å²) in [5, 5.41) is 12.1. The van der Waals surface area contributed by atoms with E-state index in [9.17, 15) is 9.59 Å². The van der Waals surface area contributed by atoms with Crippen molar-refractivity contribution in [1.82, 2.24) is 15.1 Å². The van der Waals surface area contributed by atoms with E-state index < -0.39 is 0 Å². The van der Waals surface area contributed by atoms with Gasteiger partial charge in [0.2, 0.25) is 16.9 Å². The molecule has 9 heteroatoms. The van der Waals surface area contributed by atoms with Crippen molar-refractivity contribution >= 4 is 45.7 Å². The summed E-state index contributed by atoms with van der Waals surface area (Å²) in [4.78, 5) is 27.3. The van der Waals surface area contributed by atoms with Crippen molar-refractivity contribution in [3.8, 4) is 0 Å². The molecule has 1 aromatic heterocycles. The molecular weight excluding hydrogens is 358 g/mol. The zero-order chi connectivity index (χ0) is 17.6. The molecule has 2 aromatic rings. The van der Waals surface area contributed by atoms with Gasteiger partial charge in [-0.3, -0.25) is 9.59 Å². The van der Waals surface area contributed by atoms with Crippen LogP contribution < -0.4 is 10.2 Å². The maximum Gasteiger partial charge on any atom is 0.234 e. The molecule has 1 saturated heterocycles. The largest absolute Gasteiger partial charge is 0.343 e. The number of nitrogens with one attached hydrogen (secondary N) is 1. The Bertz CT molecular complexity index is 729. The zero-order valence-corrected chi connectivity index (χ0v) is 15.5. The number of rotatable bonds is 5. The first-order valence-electron chi connectivity index (χ1n) is 7.93. The molecular formula is C16H19N5O2S2. The Morgan fingerprint density at radius 1 is 1.16 bits per heavy atom. The van der Waals surface area contributed by atoms with Crippen LogP contribution in [-0.2, 0) is 9.59 Å². The zero-order valence-electron chi connectivity index (χ0n) is 13.8. The van der Waals surface area contributed by atoms with E-state index in [0.29, 0.717) is 18.8 Å². The van der Waals surface area contributed by atoms with Crippen LogP contribution >= 0.6 is 23.1 Å². The van der Waals surface area contributed by atoms with Crippen LogP contribution in [0, 0.1) is 0 Å². The van der Waals surface area contributed by atoms with Crippen molar-refractivity contribution in [3.05, 3.63) is 30.3 Å². The molecule has 0 aliphatic carbocycles. The Morgan fingerprint density at radius 2 is 1.88 bits per heavy atom. The number of hydrogen-bond donors (Lipinski definition) is 1. The summed E-state index contributed by atoms with van der Waals surface area (Å²) in [5.74, 6) is 0.336. The highest BCUT2D eigenvalue weighted by Gasteiger charge is 2.21. The van der Waals surface area contributed by atoms with Crippen molar-refractivity contribution in [1.29, 1.82) is 0 Å². The molecule has 3 rings (SSSR count). The average molecular weight is 377 g/mol. The lowest BCUT2D eigenvalue weighted by atomic mass is 10.3. The molecule has 1 fully saturated rings. The molecule has 1 aromatic carbocycles. The van der Waals surface area contributed by atoms with E-state index >= 15 is 0 Å². The van der Waals surface area contributed by atoms with Crippen LogP contribution in [-0.4, -0.2) is 58.8 Å². The standard InChI is InChI=1S/C16H19N5O2S2/c1-12(22)20-7-9-21(10-8-20)15-18-19-16(25-15)24-11-14(23)17-13-5-3-2-4-6-13/h2-6H,7-11H2,1H3,(H,17,23). The lowest BCUT2D eigenvalue weighted by molar-refractivity contribution is -0.129. The predicted octanol–water partition coefficient (Wildman–Crippen LogP) is 1.94. The van der Waals surface area contributed by atoms with Crippen molar-refractivity contribution in [3.63, 3.8) is 0 Å². The third kappa shape index (κ3) is 4.93. The van der Waals surface area contributed by atoms with E-state index in [0.717, 1.165) is 28.2 Å². The highest BCUT2D eigenvalue weighted by molar-refractivity contribution is 8.01. The quantitative estimate of drug-likeness (QED) is 0.803. The number of carbonyl (C=O) groups excluding carboxylic acids is 2. The topological polar surface area (TPSA) is 78.4 Å². The van der Waals surface area contributed by atoms with Gasteiger partial charge in [-0.15, -0.1) is 10.2 Å². The van der Waals surface area contributed by atoms with E-state index in [1.807, 2.05) is 35.2 Å². The highest BCUT2D eigenvalue weighted by Crippen LogP contribution is 2.28. The van der Waals surface area contributed by atoms with Gasteiger partial charge in [0.1, 0.15) is 0 Å². The minimum atomic E-state index is -0.0666. The highest BCUT2D eigenvalue weighted by atomic mass is 32.2. The lowest BCUT2D eigenvalue weighted by Crippen LogP contribution is -2.48. The Kier molecular flexibility index (Phi) is 5.87. The van der Waals surface area contributed by atoms with Gasteiger partial charge >= 0.3 is 0 Å². The van der Waals surface area contributed by atoms with Crippen molar-refractivity contribution in [2.24, 2.45) is 0 Å². The van der Waals surface area contributed by atoms with Gasteiger partial charge in [-0.1, -0.05) is 41.3 Å². The van der Waals surface area contributed by atoms with E-state index in [-0.39, 0.29) is 11.8 Å². The van der Waals surface area contributed by atoms with E-state index in [1.54, 1.807) is 6.92 Å². The van der Waals surface area contributed by atoms with Crippen LogP contribution in [0.1, 0.15) is 6.92 Å². The van der Waals surface area contributed by atoms with Gasteiger partial charge in [0, 0.05) is 38.8 Å². The smallest absolute Gasteiger partial charge is 0.234 e. The van der Waals surface area contributed by atoms with E-state index in [4.69, 9.17) is 0 Å². The average Bonchev–Trinajstić information content (AvgIpc) is 3.10. The van der Waals surface area contributed by atoms with Gasteiger partial charge in [-0.25, -0.2) is 0 Å². The summed E-state index contributed by atoms with van der Waals surface area (Å²) in [6.45, 7) is 4.52. The summed E-state index contributed by atoms with van der Waals surface area (Å²) < 4.78 is 0.771. The first-order valence-corrected chi connectivity index (χ1v) is 9.73. The maximum absolute atomic E-state index is 12.0. The molecule has 0 spiro atoms. The number of thioether (sulfide) groups is 1. The summed E-state index contributed by atoms with van der Waals surface area (Å²) in [6, 6.07) is 9.37. The van der Waals surface area contributed by atoms with Gasteiger partial charge in [-0.05, 0) is 12.1 Å². The van der Waals surface area contributed by atoms with Crippen molar-refractivity contribution in [2.45, 2.75) is 11.3 Å². The first kappa shape index (κ1) is 17.7. The van der Waals surface area contributed by atoms with Gasteiger partial charge in [-0.2, -0.15) is 0 Å². The number of piperazine rings is 1. The Morgan fingerprint density at radius 3 is 2.56 bits per heavy atom. The van der Waals surface area contributed by atoms with Gasteiger partial charge in [0.15, 0.2) is 4.34 Å². The van der Waals surface area contributed by atoms with Crippen LogP contribution in [0.5, 0.6) is 0 Å². The number of aromatic nitrogens is 2. The van der Waals surface area contributed by atoms with Crippen molar-refractivity contribution in [2.75, 3.05) is 42.1 Å². The third-order valence-corrected chi connectivity index (χ3v) is 5.89. The fraction of sp³-hybridized carbons (Fsp3) is 0.375. The molecule has 0 atom stereocenters. The minimum absolute atomic E-state index is 0.0666. The molecule has 2 amide bonds. The molecule has 0 bridgehead atoms. The monoisotopic (exact) mass is 377 g/mol. The molecule has 2 heterocycles. The molecule has 0 saturated carbocycles. The third-order valence-electron chi connectivity index (χ3n) is 3.78. The fourth-order valence-electron chi connectivity index (χ4n) is 2.45. The van der Waals surface area contributed by atoms with Gasteiger partial charge in [0.05, 0.1) is 5.75 Å². The Labute approximate surface area is 154 Å². The van der Waals surface area contributed by atoms with E-state index in [2.05, 4.69) is 20.4 Å². The molecule has 132 valence electrons. The SMILES string of the molecule is CC(=O)N1CCN(c2nnc(SCC(=O)Nc3ccccc3)s2)CC1. The Hall–Kier alpha value is -2.13. The lowest BCUT2D eigenvalue weighted by Gasteiger charge is -2.33. The maximum atomic E-state index is 12.0. The van der Waals surface area contributed by atoms with Crippen LogP contribution in [0.4, 0.5) is 10.8 Å². The number of anilines is 2. The molecule has 25 heavy (non-hydrogen) atoms. The molecule has 1 aliphatic rings. The summed E-state index contributed by atoms with van der Waals surface area (Å²) >= 11 is 2.86. The number of benzene rings is 1. The number of amides is 2. The molecule has 0 radical (unpaired) electrons. The van der Waals surface area contributed by atoms with Crippen molar-refractivity contribution < 1.29 is 9.59 Å². The molecule has 7 nitrogen and oxygen atoms in total. The number of nitrogens with zero attached hydrogens (tertiary/aromatic N) is 4. The number of para-hydroxylation sites is 1. The number of hydrogen-bond acceptors (Lipinski definition) is 7. The first-order chi connectivity index (χ1) is 12.1. The van der Waals surface area contributed by atoms with E-state index in [1.165, 1.54) is 23.1 Å². The summed E-state index contributed by atoms with van der Waals surface area (Å²) in [5.41, 5.74) is 0.786. The summed E-state index contributed by atoms with van der Waals surface area (Å²) in [6.07, 6.45) is 0. The summed E-state index contributed by atoms with van der Waals surface area (Å²) in [7, 11) is 0. The van der Waals surface area contributed by atoms with Crippen LogP contribution in [0.15, 0.2) is 34.7 Å². The predicted molar refractivity (Wildman–Crippen MR) is 100 cm³/mol. The molecule has 1 N–H and O–H groups in total. The second-order valence-electron chi connectivity index (χ2n) is 5.55. The number of carbonyl (C=O) groups is 2. The van der Waals surface area contributed by atoms with Crippen LogP contribution in [0.3, 0.4) is 0 Å². The second-order valence-corrected chi connectivity index (χ2v) is 7.72. The fourth-order valence-corrected chi connectivity index (χ4v) is 4.14. The molecule has 0 unspecified atom stereocenters. The van der Waals surface area contributed by atoms with Gasteiger partial charge in [0.25, 0.3) is 0 Å². The molecule has 1 aliphatic heterocycles.